The van der Waals surface area contributed by atoms with Crippen molar-refractivity contribution in [3.63, 3.8) is 0 Å². The molecule has 0 spiro atoms. The highest BCUT2D eigenvalue weighted by Crippen LogP contribution is 2.31. The van der Waals surface area contributed by atoms with E-state index in [9.17, 15) is 18.3 Å². The maximum Gasteiger partial charge on any atom is 0.416 e. The molecule has 1 saturated heterocycles. The van der Waals surface area contributed by atoms with Crippen molar-refractivity contribution in [2.24, 2.45) is 5.92 Å². The molecule has 124 valence electrons. The molecule has 1 N–H and O–H groups in total. The summed E-state index contributed by atoms with van der Waals surface area (Å²) in [5, 5.41) is 10.2. The molecule has 1 aromatic carbocycles. The molecule has 0 aromatic heterocycles. The van der Waals surface area contributed by atoms with Crippen molar-refractivity contribution in [2.75, 3.05) is 26.2 Å². The zero-order valence-corrected chi connectivity index (χ0v) is 12.6. The lowest BCUT2D eigenvalue weighted by Crippen LogP contribution is -2.39. The SMILES string of the molecule is CCN1CCC(C(O)COc2cccc(C(F)(F)F)c2)CC1. The highest BCUT2D eigenvalue weighted by Gasteiger charge is 2.31. The van der Waals surface area contributed by atoms with E-state index in [0.717, 1.165) is 44.6 Å². The van der Waals surface area contributed by atoms with E-state index < -0.39 is 17.8 Å². The fourth-order valence-electron chi connectivity index (χ4n) is 2.73. The Labute approximate surface area is 128 Å². The number of rotatable bonds is 5. The smallest absolute Gasteiger partial charge is 0.416 e. The molecule has 1 fully saturated rings. The monoisotopic (exact) mass is 317 g/mol. The Morgan fingerprint density at radius 1 is 1.32 bits per heavy atom. The third-order valence-electron chi connectivity index (χ3n) is 4.21. The minimum absolute atomic E-state index is 0.0259. The zero-order chi connectivity index (χ0) is 16.2. The van der Waals surface area contributed by atoms with Crippen molar-refractivity contribution in [1.82, 2.24) is 4.90 Å². The number of nitrogens with zero attached hydrogens (tertiary/aromatic N) is 1. The van der Waals surface area contributed by atoms with Crippen LogP contribution in [0.4, 0.5) is 13.2 Å². The minimum atomic E-state index is -4.38. The van der Waals surface area contributed by atoms with Crippen molar-refractivity contribution in [3.05, 3.63) is 29.8 Å². The number of aliphatic hydroxyl groups is 1. The number of ether oxygens (including phenoxy) is 1. The fraction of sp³-hybridized carbons (Fsp3) is 0.625. The quantitative estimate of drug-likeness (QED) is 0.905. The van der Waals surface area contributed by atoms with Gasteiger partial charge in [-0.2, -0.15) is 13.2 Å². The van der Waals surface area contributed by atoms with Crippen LogP contribution in [0.5, 0.6) is 5.75 Å². The fourth-order valence-corrected chi connectivity index (χ4v) is 2.73. The van der Waals surface area contributed by atoms with E-state index in [0.29, 0.717) is 0 Å². The van der Waals surface area contributed by atoms with Crippen LogP contribution in [0.15, 0.2) is 24.3 Å². The van der Waals surface area contributed by atoms with Crippen LogP contribution in [-0.4, -0.2) is 42.4 Å². The van der Waals surface area contributed by atoms with Gasteiger partial charge in [-0.15, -0.1) is 0 Å². The van der Waals surface area contributed by atoms with Crippen LogP contribution in [0, 0.1) is 5.92 Å². The van der Waals surface area contributed by atoms with Gasteiger partial charge >= 0.3 is 6.18 Å². The zero-order valence-electron chi connectivity index (χ0n) is 12.6. The highest BCUT2D eigenvalue weighted by molar-refractivity contribution is 5.30. The molecule has 0 aliphatic carbocycles. The molecule has 6 heteroatoms. The molecule has 3 nitrogen and oxygen atoms in total. The van der Waals surface area contributed by atoms with Gasteiger partial charge in [0.05, 0.1) is 11.7 Å². The number of aliphatic hydroxyl groups excluding tert-OH is 1. The summed E-state index contributed by atoms with van der Waals surface area (Å²) in [5.41, 5.74) is -0.740. The first-order valence-electron chi connectivity index (χ1n) is 7.60. The van der Waals surface area contributed by atoms with Gasteiger partial charge in [-0.3, -0.25) is 0 Å². The molecular formula is C16H22F3NO2. The largest absolute Gasteiger partial charge is 0.491 e. The predicted octanol–water partition coefficient (Wildman–Crippen LogP) is 3.18. The third kappa shape index (κ3) is 4.61. The average Bonchev–Trinajstić information content (AvgIpc) is 2.52. The van der Waals surface area contributed by atoms with Crippen LogP contribution in [0.2, 0.25) is 0 Å². The Hall–Kier alpha value is -1.27. The number of alkyl halides is 3. The van der Waals surface area contributed by atoms with E-state index in [2.05, 4.69) is 11.8 Å². The van der Waals surface area contributed by atoms with Gasteiger partial charge in [-0.05, 0) is 56.6 Å². The van der Waals surface area contributed by atoms with Crippen LogP contribution < -0.4 is 4.74 Å². The van der Waals surface area contributed by atoms with Gasteiger partial charge in [-0.1, -0.05) is 13.0 Å². The van der Waals surface area contributed by atoms with E-state index >= 15 is 0 Å². The van der Waals surface area contributed by atoms with Crippen molar-refractivity contribution < 1.29 is 23.0 Å². The Morgan fingerprint density at radius 3 is 2.59 bits per heavy atom. The third-order valence-corrected chi connectivity index (χ3v) is 4.21. The lowest BCUT2D eigenvalue weighted by atomic mass is 9.91. The van der Waals surface area contributed by atoms with Crippen molar-refractivity contribution in [1.29, 1.82) is 0 Å². The number of benzene rings is 1. The van der Waals surface area contributed by atoms with E-state index in [1.165, 1.54) is 12.1 Å². The molecule has 1 heterocycles. The summed E-state index contributed by atoms with van der Waals surface area (Å²) in [7, 11) is 0. The van der Waals surface area contributed by atoms with E-state index in [4.69, 9.17) is 4.74 Å². The number of piperidine rings is 1. The molecule has 2 rings (SSSR count). The standard InChI is InChI=1S/C16H22F3NO2/c1-2-20-8-6-12(7-9-20)15(21)11-22-14-5-3-4-13(10-14)16(17,18)19/h3-5,10,12,15,21H,2,6-9,11H2,1H3. The average molecular weight is 317 g/mol. The summed E-state index contributed by atoms with van der Waals surface area (Å²) in [6.45, 7) is 5.03. The van der Waals surface area contributed by atoms with E-state index in [-0.39, 0.29) is 18.3 Å². The highest BCUT2D eigenvalue weighted by atomic mass is 19.4. The van der Waals surface area contributed by atoms with Gasteiger partial charge in [0.15, 0.2) is 0 Å². The van der Waals surface area contributed by atoms with Gasteiger partial charge < -0.3 is 14.7 Å². The summed E-state index contributed by atoms with van der Waals surface area (Å²) in [6.07, 6.45) is -3.25. The molecule has 1 aliphatic rings. The molecule has 1 aromatic rings. The lowest BCUT2D eigenvalue weighted by molar-refractivity contribution is -0.137. The first-order chi connectivity index (χ1) is 10.4. The van der Waals surface area contributed by atoms with Crippen LogP contribution in [-0.2, 0) is 6.18 Å². The van der Waals surface area contributed by atoms with Crippen molar-refractivity contribution in [2.45, 2.75) is 32.0 Å². The van der Waals surface area contributed by atoms with Crippen LogP contribution in [0.1, 0.15) is 25.3 Å². The first-order valence-corrected chi connectivity index (χ1v) is 7.60. The summed E-state index contributed by atoms with van der Waals surface area (Å²) >= 11 is 0. The van der Waals surface area contributed by atoms with Crippen molar-refractivity contribution in [3.8, 4) is 5.75 Å². The maximum atomic E-state index is 12.6. The molecule has 1 atom stereocenters. The van der Waals surface area contributed by atoms with E-state index in [1.54, 1.807) is 0 Å². The van der Waals surface area contributed by atoms with Crippen LogP contribution in [0.25, 0.3) is 0 Å². The van der Waals surface area contributed by atoms with Gasteiger partial charge in [-0.25, -0.2) is 0 Å². The Morgan fingerprint density at radius 2 is 2.00 bits per heavy atom. The second-order valence-electron chi connectivity index (χ2n) is 5.68. The molecule has 1 aliphatic heterocycles. The second-order valence-corrected chi connectivity index (χ2v) is 5.68. The first kappa shape index (κ1) is 17.1. The number of hydrogen-bond donors (Lipinski definition) is 1. The lowest BCUT2D eigenvalue weighted by Gasteiger charge is -2.33. The molecule has 22 heavy (non-hydrogen) atoms. The van der Waals surface area contributed by atoms with Crippen molar-refractivity contribution >= 4 is 0 Å². The van der Waals surface area contributed by atoms with E-state index in [1.807, 2.05) is 0 Å². The Bertz CT molecular complexity index is 471. The maximum absolute atomic E-state index is 12.6. The minimum Gasteiger partial charge on any atom is -0.491 e. The number of likely N-dealkylation sites (tertiary alicyclic amines) is 1. The predicted molar refractivity (Wildman–Crippen MR) is 77.8 cm³/mol. The van der Waals surface area contributed by atoms with Gasteiger partial charge in [0.25, 0.3) is 0 Å². The topological polar surface area (TPSA) is 32.7 Å². The second kappa shape index (κ2) is 7.33. The summed E-state index contributed by atoms with van der Waals surface area (Å²) < 4.78 is 43.2. The Kier molecular flexibility index (Phi) is 5.69. The van der Waals surface area contributed by atoms with Gasteiger partial charge in [0.2, 0.25) is 0 Å². The Balaban J connectivity index is 1.85. The van der Waals surface area contributed by atoms with Gasteiger partial charge in [0.1, 0.15) is 12.4 Å². The molecule has 0 radical (unpaired) electrons. The molecular weight excluding hydrogens is 295 g/mol. The normalized spacial score (nSPS) is 19.1. The molecule has 1 unspecified atom stereocenters. The number of hydrogen-bond acceptors (Lipinski definition) is 3. The molecule has 0 saturated carbocycles. The molecule has 0 bridgehead atoms. The van der Waals surface area contributed by atoms with Crippen LogP contribution in [0.3, 0.4) is 0 Å². The number of halogens is 3. The molecule has 0 amide bonds. The summed E-state index contributed by atoms with van der Waals surface area (Å²) in [6, 6.07) is 4.75. The summed E-state index contributed by atoms with van der Waals surface area (Å²) in [5.74, 6) is 0.286. The van der Waals surface area contributed by atoms with Crippen LogP contribution >= 0.6 is 0 Å². The van der Waals surface area contributed by atoms with Gasteiger partial charge in [0, 0.05) is 0 Å². The summed E-state index contributed by atoms with van der Waals surface area (Å²) in [4.78, 5) is 2.32.